The topological polar surface area (TPSA) is 63.5 Å². The highest BCUT2D eigenvalue weighted by Gasteiger charge is 2.46. The van der Waals surface area contributed by atoms with Crippen molar-refractivity contribution in [2.24, 2.45) is 0 Å². The molecule has 0 radical (unpaired) electrons. The van der Waals surface area contributed by atoms with Gasteiger partial charge in [-0.2, -0.15) is 23.4 Å². The maximum absolute atomic E-state index is 14.1. The van der Waals surface area contributed by atoms with E-state index in [2.05, 4.69) is 34.5 Å². The molecule has 0 aliphatic carbocycles. The summed E-state index contributed by atoms with van der Waals surface area (Å²) in [6.07, 6.45) is -4.61. The van der Waals surface area contributed by atoms with Crippen molar-refractivity contribution in [2.75, 3.05) is 5.32 Å². The Balaban J connectivity index is 1.51. The van der Waals surface area contributed by atoms with E-state index in [4.69, 9.17) is 12.2 Å². The van der Waals surface area contributed by atoms with Crippen LogP contribution in [0.15, 0.2) is 60.7 Å². The molecule has 0 bridgehead atoms. The van der Waals surface area contributed by atoms with Crippen LogP contribution in [-0.2, 0) is 6.54 Å². The van der Waals surface area contributed by atoms with Gasteiger partial charge in [0.2, 0.25) is 0 Å². The summed E-state index contributed by atoms with van der Waals surface area (Å²) in [5.74, 6) is 1.04. The first-order valence-corrected chi connectivity index (χ1v) is 11.8. The summed E-state index contributed by atoms with van der Waals surface area (Å²) in [4.78, 5) is 0. The number of aromatic amines is 1. The van der Waals surface area contributed by atoms with Crippen molar-refractivity contribution in [3.05, 3.63) is 82.1 Å². The minimum atomic E-state index is -4.45. The summed E-state index contributed by atoms with van der Waals surface area (Å²) in [5.41, 5.74) is 3.27. The molecule has 2 unspecified atom stereocenters. The molecule has 0 amide bonds. The molecular formula is C25H25F3N6S. The number of nitrogens with one attached hydrogen (secondary N) is 2. The molecule has 0 fully saturated rings. The highest BCUT2D eigenvalue weighted by molar-refractivity contribution is 7.71. The Hall–Kier alpha value is -3.40. The van der Waals surface area contributed by atoms with Gasteiger partial charge in [-0.15, -0.1) is 0 Å². The Bertz CT molecular complexity index is 1370. The summed E-state index contributed by atoms with van der Waals surface area (Å²) < 4.78 is 45.5. The van der Waals surface area contributed by atoms with Crippen LogP contribution in [0.4, 0.5) is 19.0 Å². The summed E-state index contributed by atoms with van der Waals surface area (Å²) in [5, 5.41) is 14.6. The van der Waals surface area contributed by atoms with E-state index in [0.29, 0.717) is 34.6 Å². The summed E-state index contributed by atoms with van der Waals surface area (Å²) in [6.45, 7) is 4.59. The van der Waals surface area contributed by atoms with Crippen LogP contribution in [0.2, 0.25) is 0 Å². The van der Waals surface area contributed by atoms with E-state index in [0.717, 1.165) is 21.4 Å². The second-order valence-electron chi connectivity index (χ2n) is 9.09. The highest BCUT2D eigenvalue weighted by Crippen LogP contribution is 2.44. The molecule has 1 aliphatic heterocycles. The Kier molecular flexibility index (Phi) is 6.00. The Morgan fingerprint density at radius 2 is 1.80 bits per heavy atom. The maximum atomic E-state index is 14.1. The van der Waals surface area contributed by atoms with Crippen molar-refractivity contribution < 1.29 is 13.2 Å². The smallest absolute Gasteiger partial charge is 0.363 e. The van der Waals surface area contributed by atoms with Crippen molar-refractivity contribution >= 4 is 18.0 Å². The molecule has 6 nitrogen and oxygen atoms in total. The fourth-order valence-corrected chi connectivity index (χ4v) is 4.64. The number of H-pyrrole nitrogens is 1. The van der Waals surface area contributed by atoms with Gasteiger partial charge in [0.15, 0.2) is 16.6 Å². The molecule has 1 aliphatic rings. The van der Waals surface area contributed by atoms with Crippen molar-refractivity contribution in [2.45, 2.75) is 51.0 Å². The molecule has 35 heavy (non-hydrogen) atoms. The van der Waals surface area contributed by atoms with E-state index < -0.39 is 18.3 Å². The predicted molar refractivity (Wildman–Crippen MR) is 131 cm³/mol. The largest absolute Gasteiger partial charge is 0.410 e. The molecule has 2 N–H and O–H groups in total. The van der Waals surface area contributed by atoms with E-state index in [1.807, 2.05) is 54.6 Å². The van der Waals surface area contributed by atoms with Gasteiger partial charge < -0.3 is 5.32 Å². The number of aromatic nitrogens is 5. The number of hydrogen-bond donors (Lipinski definition) is 2. The number of fused-ring (bicyclic) bond motifs is 1. The van der Waals surface area contributed by atoms with Gasteiger partial charge >= 0.3 is 6.18 Å². The normalized spacial score (nSPS) is 17.9. The third kappa shape index (κ3) is 4.62. The number of rotatable bonds is 5. The standard InChI is InChI=1S/C25H25F3N6S/c1-15(2)17-8-10-18(11-9-17)19-12-21(25(26,27)28)34-22(29-19)13-20(32-34)23-30-31-24(35)33(23)14-16-6-4-3-5-7-16/h3-11,13,15,19,21,29H,12,14H2,1-2H3,(H,31,35). The van der Waals surface area contributed by atoms with Crippen molar-refractivity contribution in [3.8, 4) is 11.5 Å². The van der Waals surface area contributed by atoms with Crippen LogP contribution in [0, 0.1) is 4.77 Å². The molecule has 4 aromatic rings. The molecule has 0 saturated carbocycles. The van der Waals surface area contributed by atoms with Crippen LogP contribution in [-0.4, -0.2) is 30.7 Å². The first-order chi connectivity index (χ1) is 16.7. The van der Waals surface area contributed by atoms with Crippen molar-refractivity contribution in [1.82, 2.24) is 24.5 Å². The number of alkyl halides is 3. The lowest BCUT2D eigenvalue weighted by atomic mass is 9.94. The maximum Gasteiger partial charge on any atom is 0.410 e. The molecule has 2 aromatic carbocycles. The molecule has 5 rings (SSSR count). The molecule has 10 heteroatoms. The quantitative estimate of drug-likeness (QED) is 0.303. The van der Waals surface area contributed by atoms with E-state index in [1.54, 1.807) is 10.6 Å². The van der Waals surface area contributed by atoms with Gasteiger partial charge in [-0.05, 0) is 34.8 Å². The lowest BCUT2D eigenvalue weighted by Crippen LogP contribution is -2.35. The summed E-state index contributed by atoms with van der Waals surface area (Å²) in [6, 6.07) is 16.8. The van der Waals surface area contributed by atoms with E-state index in [9.17, 15) is 13.2 Å². The van der Waals surface area contributed by atoms with Gasteiger partial charge in [-0.3, -0.25) is 9.67 Å². The fourth-order valence-electron chi connectivity index (χ4n) is 4.44. The Labute approximate surface area is 205 Å². The second kappa shape index (κ2) is 8.99. The molecule has 0 saturated heterocycles. The zero-order chi connectivity index (χ0) is 24.7. The zero-order valence-corrected chi connectivity index (χ0v) is 20.1. The Morgan fingerprint density at radius 3 is 2.46 bits per heavy atom. The second-order valence-corrected chi connectivity index (χ2v) is 9.48. The number of nitrogens with zero attached hydrogens (tertiary/aromatic N) is 4. The van der Waals surface area contributed by atoms with Crippen LogP contribution >= 0.6 is 12.2 Å². The van der Waals surface area contributed by atoms with Crippen LogP contribution < -0.4 is 5.32 Å². The molecule has 182 valence electrons. The van der Waals surface area contributed by atoms with Gasteiger partial charge in [0.1, 0.15) is 11.5 Å². The van der Waals surface area contributed by atoms with Crippen molar-refractivity contribution in [3.63, 3.8) is 0 Å². The van der Waals surface area contributed by atoms with Crippen LogP contribution in [0.3, 0.4) is 0 Å². The van der Waals surface area contributed by atoms with Gasteiger partial charge in [0, 0.05) is 12.5 Å². The van der Waals surface area contributed by atoms with E-state index in [1.165, 1.54) is 0 Å². The Morgan fingerprint density at radius 1 is 1.09 bits per heavy atom. The first-order valence-electron chi connectivity index (χ1n) is 11.4. The van der Waals surface area contributed by atoms with Gasteiger partial charge in [-0.25, -0.2) is 4.68 Å². The fraction of sp³-hybridized carbons (Fsp3) is 0.320. The molecular weight excluding hydrogens is 473 g/mol. The minimum Gasteiger partial charge on any atom is -0.363 e. The predicted octanol–water partition coefficient (Wildman–Crippen LogP) is 6.64. The van der Waals surface area contributed by atoms with Crippen LogP contribution in [0.5, 0.6) is 0 Å². The molecule has 0 spiro atoms. The van der Waals surface area contributed by atoms with Gasteiger partial charge in [-0.1, -0.05) is 68.4 Å². The van der Waals surface area contributed by atoms with E-state index >= 15 is 0 Å². The monoisotopic (exact) mass is 498 g/mol. The van der Waals surface area contributed by atoms with Crippen molar-refractivity contribution in [1.29, 1.82) is 0 Å². The van der Waals surface area contributed by atoms with Gasteiger partial charge in [0.25, 0.3) is 0 Å². The number of halogens is 3. The molecule has 2 aromatic heterocycles. The van der Waals surface area contributed by atoms with Crippen LogP contribution in [0.25, 0.3) is 11.5 Å². The number of hydrogen-bond acceptors (Lipinski definition) is 4. The lowest BCUT2D eigenvalue weighted by molar-refractivity contribution is -0.173. The lowest BCUT2D eigenvalue weighted by Gasteiger charge is -2.33. The molecule has 3 heterocycles. The average molecular weight is 499 g/mol. The number of benzene rings is 2. The first kappa shape index (κ1) is 23.3. The molecule has 2 atom stereocenters. The van der Waals surface area contributed by atoms with E-state index in [-0.39, 0.29) is 6.42 Å². The highest BCUT2D eigenvalue weighted by atomic mass is 32.1. The number of anilines is 1. The van der Waals surface area contributed by atoms with Crippen LogP contribution in [0.1, 0.15) is 55.0 Å². The minimum absolute atomic E-state index is 0.157. The third-order valence-electron chi connectivity index (χ3n) is 6.37. The third-order valence-corrected chi connectivity index (χ3v) is 6.68. The summed E-state index contributed by atoms with van der Waals surface area (Å²) in [7, 11) is 0. The van der Waals surface area contributed by atoms with Gasteiger partial charge in [0.05, 0.1) is 12.6 Å². The summed E-state index contributed by atoms with van der Waals surface area (Å²) >= 11 is 5.39. The SMILES string of the molecule is CC(C)c1ccc(C2CC(C(F)(F)F)n3nc(-c4n[nH]c(=S)n4Cc4ccccc4)cc3N2)cc1. The zero-order valence-electron chi connectivity index (χ0n) is 19.3. The average Bonchev–Trinajstić information content (AvgIpc) is 3.41.